The number of aryl methyl sites for hydroxylation is 1. The van der Waals surface area contributed by atoms with Crippen LogP contribution >= 0.6 is 11.6 Å². The second-order valence-corrected chi connectivity index (χ2v) is 7.86. The maximum Gasteiger partial charge on any atom is 0.254 e. The molecule has 28 heavy (non-hydrogen) atoms. The zero-order valence-electron chi connectivity index (χ0n) is 16.3. The third kappa shape index (κ3) is 3.82. The highest BCUT2D eigenvalue weighted by molar-refractivity contribution is 6.31. The molecule has 2 aliphatic rings. The quantitative estimate of drug-likeness (QED) is 0.791. The van der Waals surface area contributed by atoms with Crippen LogP contribution in [0.4, 0.5) is 0 Å². The Morgan fingerprint density at radius 3 is 2.96 bits per heavy atom. The highest BCUT2D eigenvalue weighted by Crippen LogP contribution is 2.33. The number of benzene rings is 1. The molecule has 1 aromatic heterocycles. The number of nitrogens with zero attached hydrogens (tertiary/aromatic N) is 3. The maximum absolute atomic E-state index is 13.4. The predicted molar refractivity (Wildman–Crippen MR) is 105 cm³/mol. The molecule has 2 aliphatic heterocycles. The first-order valence-electron chi connectivity index (χ1n) is 9.76. The molecule has 0 aliphatic carbocycles. The third-order valence-electron chi connectivity index (χ3n) is 5.62. The van der Waals surface area contributed by atoms with Crippen molar-refractivity contribution in [3.05, 3.63) is 40.7 Å². The van der Waals surface area contributed by atoms with E-state index in [9.17, 15) is 4.79 Å². The number of carbonyl (C=O) groups excluding carboxylic acids is 1. The van der Waals surface area contributed by atoms with E-state index in [1.165, 1.54) is 6.42 Å². The molecule has 0 spiro atoms. The molecule has 1 saturated heterocycles. The first-order valence-corrected chi connectivity index (χ1v) is 10.1. The number of quaternary nitrogens is 1. The summed E-state index contributed by atoms with van der Waals surface area (Å²) < 4.78 is 12.5. The van der Waals surface area contributed by atoms with Crippen molar-refractivity contribution >= 4 is 17.5 Å². The SMILES string of the molecule is CC[NH+]1CCC[C@@H]1CN(Cc1nn(C)cc1Cl)C(=O)c1ccc2c(c1)OCO2. The van der Waals surface area contributed by atoms with Crippen LogP contribution in [0.15, 0.2) is 24.4 Å². The molecular formula is C20H26ClN4O3+. The topological polar surface area (TPSA) is 61.0 Å². The lowest BCUT2D eigenvalue weighted by atomic mass is 10.1. The highest BCUT2D eigenvalue weighted by Gasteiger charge is 2.32. The monoisotopic (exact) mass is 405 g/mol. The molecule has 8 heteroatoms. The summed E-state index contributed by atoms with van der Waals surface area (Å²) >= 11 is 6.33. The van der Waals surface area contributed by atoms with Crippen molar-refractivity contribution in [2.45, 2.75) is 32.4 Å². The number of halogens is 1. The van der Waals surface area contributed by atoms with Gasteiger partial charge >= 0.3 is 0 Å². The molecule has 1 fully saturated rings. The van der Waals surface area contributed by atoms with E-state index in [1.807, 2.05) is 11.9 Å². The zero-order chi connectivity index (χ0) is 19.7. The van der Waals surface area contributed by atoms with Gasteiger partial charge in [-0.25, -0.2) is 0 Å². The molecule has 1 N–H and O–H groups in total. The Kier molecular flexibility index (Phi) is 5.46. The average Bonchev–Trinajstić information content (AvgIpc) is 3.40. The molecule has 2 atom stereocenters. The minimum atomic E-state index is -0.0395. The van der Waals surface area contributed by atoms with Crippen molar-refractivity contribution in [1.29, 1.82) is 0 Å². The smallest absolute Gasteiger partial charge is 0.254 e. The number of fused-ring (bicyclic) bond motifs is 1. The molecule has 150 valence electrons. The lowest BCUT2D eigenvalue weighted by Crippen LogP contribution is -3.14. The molecular weight excluding hydrogens is 380 g/mol. The van der Waals surface area contributed by atoms with Crippen molar-refractivity contribution in [1.82, 2.24) is 14.7 Å². The van der Waals surface area contributed by atoms with E-state index in [0.29, 0.717) is 46.9 Å². The Hall–Kier alpha value is -2.25. The molecule has 2 aromatic rings. The Morgan fingerprint density at radius 2 is 2.21 bits per heavy atom. The molecule has 0 saturated carbocycles. The third-order valence-corrected chi connectivity index (χ3v) is 5.94. The summed E-state index contributed by atoms with van der Waals surface area (Å²) in [5, 5.41) is 5.02. The number of likely N-dealkylation sites (N-methyl/N-ethyl adjacent to an activating group) is 1. The summed E-state index contributed by atoms with van der Waals surface area (Å²) in [5.74, 6) is 1.25. The normalized spacial score (nSPS) is 20.5. The van der Waals surface area contributed by atoms with Gasteiger partial charge in [-0.05, 0) is 25.1 Å². The second kappa shape index (κ2) is 8.01. The number of rotatable bonds is 6. The van der Waals surface area contributed by atoms with Crippen LogP contribution in [0.5, 0.6) is 11.5 Å². The zero-order valence-corrected chi connectivity index (χ0v) is 17.0. The lowest BCUT2D eigenvalue weighted by Gasteiger charge is -2.28. The molecule has 1 aromatic carbocycles. The Labute approximate surface area is 169 Å². The maximum atomic E-state index is 13.4. The first kappa shape index (κ1) is 19.1. The van der Waals surface area contributed by atoms with Gasteiger partial charge in [-0.15, -0.1) is 0 Å². The number of ether oxygens (including phenoxy) is 2. The van der Waals surface area contributed by atoms with Crippen LogP contribution in [0.1, 0.15) is 35.8 Å². The molecule has 7 nitrogen and oxygen atoms in total. The number of hydrogen-bond donors (Lipinski definition) is 1. The summed E-state index contributed by atoms with van der Waals surface area (Å²) in [6.07, 6.45) is 4.09. The van der Waals surface area contributed by atoms with E-state index in [-0.39, 0.29) is 12.7 Å². The number of amides is 1. The largest absolute Gasteiger partial charge is 0.454 e. The fourth-order valence-corrected chi connectivity index (χ4v) is 4.40. The summed E-state index contributed by atoms with van der Waals surface area (Å²) in [6.45, 7) is 5.70. The van der Waals surface area contributed by atoms with Crippen LogP contribution in [-0.4, -0.2) is 53.1 Å². The molecule has 3 heterocycles. The van der Waals surface area contributed by atoms with Gasteiger partial charge in [0.15, 0.2) is 11.5 Å². The van der Waals surface area contributed by atoms with Crippen molar-refractivity contribution in [3.8, 4) is 11.5 Å². The van der Waals surface area contributed by atoms with Crippen LogP contribution in [0, 0.1) is 0 Å². The van der Waals surface area contributed by atoms with Gasteiger partial charge in [0, 0.05) is 31.6 Å². The van der Waals surface area contributed by atoms with E-state index in [1.54, 1.807) is 34.0 Å². The fourth-order valence-electron chi connectivity index (χ4n) is 4.16. The van der Waals surface area contributed by atoms with Gasteiger partial charge in [0.25, 0.3) is 5.91 Å². The van der Waals surface area contributed by atoms with Gasteiger partial charge in [-0.1, -0.05) is 11.6 Å². The van der Waals surface area contributed by atoms with Crippen molar-refractivity contribution < 1.29 is 19.2 Å². The molecule has 0 radical (unpaired) electrons. The van der Waals surface area contributed by atoms with Crippen molar-refractivity contribution in [3.63, 3.8) is 0 Å². The predicted octanol–water partition coefficient (Wildman–Crippen LogP) is 1.51. The molecule has 0 bridgehead atoms. The summed E-state index contributed by atoms with van der Waals surface area (Å²) in [6, 6.07) is 5.78. The van der Waals surface area contributed by atoms with E-state index in [0.717, 1.165) is 19.5 Å². The summed E-state index contributed by atoms with van der Waals surface area (Å²) in [5.41, 5.74) is 1.31. The number of likely N-dealkylation sites (tertiary alicyclic amines) is 1. The highest BCUT2D eigenvalue weighted by atomic mass is 35.5. The number of aromatic nitrogens is 2. The fraction of sp³-hybridized carbons (Fsp3) is 0.500. The van der Waals surface area contributed by atoms with Crippen LogP contribution in [0.2, 0.25) is 5.02 Å². The van der Waals surface area contributed by atoms with Crippen LogP contribution in [0.3, 0.4) is 0 Å². The standard InChI is InChI=1S/C20H25ClN4O3/c1-3-24-8-4-5-15(24)10-25(12-17-16(21)11-23(2)22-17)20(26)14-6-7-18-19(9-14)28-13-27-18/h6-7,9,11,15H,3-5,8,10,12-13H2,1-2H3/p+1/t15-/m1/s1. The van der Waals surface area contributed by atoms with E-state index < -0.39 is 0 Å². The lowest BCUT2D eigenvalue weighted by molar-refractivity contribution is -0.909. The van der Waals surface area contributed by atoms with E-state index >= 15 is 0 Å². The van der Waals surface area contributed by atoms with Crippen molar-refractivity contribution in [2.24, 2.45) is 7.05 Å². The number of carbonyl (C=O) groups is 1. The van der Waals surface area contributed by atoms with Gasteiger partial charge in [-0.3, -0.25) is 9.48 Å². The minimum absolute atomic E-state index is 0.0395. The van der Waals surface area contributed by atoms with E-state index in [4.69, 9.17) is 21.1 Å². The first-order chi connectivity index (χ1) is 13.5. The van der Waals surface area contributed by atoms with Crippen LogP contribution < -0.4 is 14.4 Å². The van der Waals surface area contributed by atoms with Crippen molar-refractivity contribution in [2.75, 3.05) is 26.4 Å². The summed E-state index contributed by atoms with van der Waals surface area (Å²) in [4.78, 5) is 16.8. The average molecular weight is 406 g/mol. The van der Waals surface area contributed by atoms with Crippen LogP contribution in [-0.2, 0) is 13.6 Å². The Balaban J connectivity index is 1.59. The Bertz CT molecular complexity index is 869. The van der Waals surface area contributed by atoms with E-state index in [2.05, 4.69) is 12.0 Å². The molecule has 4 rings (SSSR count). The number of nitrogens with one attached hydrogen (secondary N) is 1. The second-order valence-electron chi connectivity index (χ2n) is 7.45. The van der Waals surface area contributed by atoms with Gasteiger partial charge in [0.05, 0.1) is 31.2 Å². The minimum Gasteiger partial charge on any atom is -0.454 e. The van der Waals surface area contributed by atoms with Gasteiger partial charge < -0.3 is 19.3 Å². The molecule has 1 amide bonds. The summed E-state index contributed by atoms with van der Waals surface area (Å²) in [7, 11) is 1.83. The number of hydrogen-bond acceptors (Lipinski definition) is 4. The van der Waals surface area contributed by atoms with Gasteiger partial charge in [-0.2, -0.15) is 5.10 Å². The Morgan fingerprint density at radius 1 is 1.39 bits per heavy atom. The van der Waals surface area contributed by atoms with Gasteiger partial charge in [0.1, 0.15) is 11.7 Å². The van der Waals surface area contributed by atoms with Crippen LogP contribution in [0.25, 0.3) is 0 Å². The molecule has 1 unspecified atom stereocenters. The van der Waals surface area contributed by atoms with Gasteiger partial charge in [0.2, 0.25) is 6.79 Å².